The minimum Gasteiger partial charge on any atom is -0.496 e. The first-order valence-electron chi connectivity index (χ1n) is 8.23. The number of rotatable bonds is 5. The van der Waals surface area contributed by atoms with E-state index in [1.165, 1.54) is 7.11 Å². The van der Waals surface area contributed by atoms with Crippen LogP contribution in [-0.2, 0) is 0 Å². The summed E-state index contributed by atoms with van der Waals surface area (Å²) in [6.07, 6.45) is 8.34. The van der Waals surface area contributed by atoms with E-state index in [1.807, 2.05) is 0 Å². The van der Waals surface area contributed by atoms with Crippen LogP contribution in [0.1, 0.15) is 36.0 Å². The Morgan fingerprint density at radius 3 is 2.72 bits per heavy atom. The Labute approximate surface area is 151 Å². The van der Waals surface area contributed by atoms with Crippen molar-refractivity contribution in [2.24, 2.45) is 0 Å². The lowest BCUT2D eigenvalue weighted by atomic mass is 9.92. The maximum absolute atomic E-state index is 12.5. The zero-order valence-corrected chi connectivity index (χ0v) is 14.7. The summed E-state index contributed by atoms with van der Waals surface area (Å²) in [6, 6.07) is 5.13. The second kappa shape index (κ2) is 8.16. The molecular formula is C18H20ClN3O3. The van der Waals surface area contributed by atoms with E-state index in [4.69, 9.17) is 21.1 Å². The number of hydrogen-bond acceptors (Lipinski definition) is 5. The Kier molecular flexibility index (Phi) is 5.71. The van der Waals surface area contributed by atoms with Crippen LogP contribution >= 0.6 is 11.6 Å². The molecule has 0 unspecified atom stereocenters. The highest BCUT2D eigenvalue weighted by molar-refractivity contribution is 6.31. The van der Waals surface area contributed by atoms with Gasteiger partial charge in [0.1, 0.15) is 11.9 Å². The summed E-state index contributed by atoms with van der Waals surface area (Å²) in [5, 5.41) is 3.57. The summed E-state index contributed by atoms with van der Waals surface area (Å²) in [5.41, 5.74) is 0.452. The normalized spacial score (nSPS) is 19.9. The van der Waals surface area contributed by atoms with Crippen molar-refractivity contribution in [1.82, 2.24) is 15.3 Å². The van der Waals surface area contributed by atoms with Crippen molar-refractivity contribution >= 4 is 17.5 Å². The molecule has 1 saturated carbocycles. The lowest BCUT2D eigenvalue weighted by molar-refractivity contribution is 0.0887. The standard InChI is InChI=1S/C18H20ClN3O3/c1-24-16-7-2-12(19)10-15(16)18(23)22-13-3-5-14(6-4-13)25-17-11-20-8-9-21-17/h2,7-11,13-14H,3-6H2,1H3,(H,22,23). The van der Waals surface area contributed by atoms with Gasteiger partial charge >= 0.3 is 0 Å². The topological polar surface area (TPSA) is 73.3 Å². The highest BCUT2D eigenvalue weighted by Gasteiger charge is 2.25. The van der Waals surface area contributed by atoms with Gasteiger partial charge in [-0.05, 0) is 43.9 Å². The summed E-state index contributed by atoms with van der Waals surface area (Å²) in [4.78, 5) is 20.6. The molecule has 1 heterocycles. The predicted octanol–water partition coefficient (Wildman–Crippen LogP) is 3.26. The number of methoxy groups -OCH3 is 1. The summed E-state index contributed by atoms with van der Waals surface area (Å²) >= 11 is 5.99. The highest BCUT2D eigenvalue weighted by Crippen LogP contribution is 2.25. The fourth-order valence-electron chi connectivity index (χ4n) is 2.96. The van der Waals surface area contributed by atoms with Crippen molar-refractivity contribution in [2.45, 2.75) is 37.8 Å². The number of hydrogen-bond donors (Lipinski definition) is 1. The molecule has 1 aromatic carbocycles. The summed E-state index contributed by atoms with van der Waals surface area (Å²) in [6.45, 7) is 0. The Morgan fingerprint density at radius 2 is 2.04 bits per heavy atom. The Balaban J connectivity index is 1.54. The van der Waals surface area contributed by atoms with E-state index in [1.54, 1.807) is 36.8 Å². The van der Waals surface area contributed by atoms with Crippen LogP contribution in [0.4, 0.5) is 0 Å². The van der Waals surface area contributed by atoms with Gasteiger partial charge in [0.25, 0.3) is 5.91 Å². The maximum Gasteiger partial charge on any atom is 0.255 e. The first-order valence-corrected chi connectivity index (χ1v) is 8.60. The smallest absolute Gasteiger partial charge is 0.255 e. The molecule has 1 aliphatic rings. The Hall–Kier alpha value is -2.34. The van der Waals surface area contributed by atoms with Gasteiger partial charge in [-0.25, -0.2) is 4.98 Å². The third-order valence-electron chi connectivity index (χ3n) is 4.24. The molecule has 132 valence electrons. The van der Waals surface area contributed by atoms with Gasteiger partial charge in [0.2, 0.25) is 5.88 Å². The second-order valence-electron chi connectivity index (χ2n) is 5.95. The number of halogens is 1. The molecule has 0 saturated heterocycles. The zero-order chi connectivity index (χ0) is 17.6. The molecule has 3 rings (SSSR count). The van der Waals surface area contributed by atoms with Gasteiger partial charge in [-0.15, -0.1) is 0 Å². The molecule has 0 aliphatic heterocycles. The first kappa shape index (κ1) is 17.5. The van der Waals surface area contributed by atoms with Gasteiger partial charge in [-0.1, -0.05) is 11.6 Å². The molecule has 1 amide bonds. The molecule has 0 atom stereocenters. The summed E-state index contributed by atoms with van der Waals surface area (Å²) in [5.74, 6) is 0.887. The molecule has 0 spiro atoms. The maximum atomic E-state index is 12.5. The van der Waals surface area contributed by atoms with Gasteiger partial charge in [0.05, 0.1) is 18.9 Å². The quantitative estimate of drug-likeness (QED) is 0.884. The highest BCUT2D eigenvalue weighted by atomic mass is 35.5. The van der Waals surface area contributed by atoms with E-state index in [0.717, 1.165) is 25.7 Å². The number of benzene rings is 1. The summed E-state index contributed by atoms with van der Waals surface area (Å²) in [7, 11) is 1.54. The molecule has 0 radical (unpaired) electrons. The van der Waals surface area contributed by atoms with Crippen molar-refractivity contribution in [3.8, 4) is 11.6 Å². The van der Waals surface area contributed by atoms with Crippen LogP contribution in [0.3, 0.4) is 0 Å². The van der Waals surface area contributed by atoms with Crippen molar-refractivity contribution < 1.29 is 14.3 Å². The van der Waals surface area contributed by atoms with E-state index in [9.17, 15) is 4.79 Å². The summed E-state index contributed by atoms with van der Waals surface area (Å²) < 4.78 is 11.1. The van der Waals surface area contributed by atoms with Crippen molar-refractivity contribution in [2.75, 3.05) is 7.11 Å². The predicted molar refractivity (Wildman–Crippen MR) is 94.2 cm³/mol. The number of carbonyl (C=O) groups is 1. The van der Waals surface area contributed by atoms with Gasteiger partial charge in [-0.2, -0.15) is 0 Å². The molecule has 2 aromatic rings. The minimum absolute atomic E-state index is 0.102. The fourth-order valence-corrected chi connectivity index (χ4v) is 3.13. The molecule has 1 aromatic heterocycles. The number of nitrogens with zero attached hydrogens (tertiary/aromatic N) is 2. The molecule has 7 heteroatoms. The first-order chi connectivity index (χ1) is 12.2. The van der Waals surface area contributed by atoms with Gasteiger partial charge in [0.15, 0.2) is 0 Å². The lowest BCUT2D eigenvalue weighted by Crippen LogP contribution is -2.39. The molecule has 6 nitrogen and oxygen atoms in total. The number of nitrogens with one attached hydrogen (secondary N) is 1. The molecular weight excluding hydrogens is 342 g/mol. The van der Waals surface area contributed by atoms with E-state index >= 15 is 0 Å². The van der Waals surface area contributed by atoms with Gasteiger partial charge in [-0.3, -0.25) is 9.78 Å². The SMILES string of the molecule is COc1ccc(Cl)cc1C(=O)NC1CCC(Oc2cnccn2)CC1. The van der Waals surface area contributed by atoms with Crippen LogP contribution in [-0.4, -0.2) is 35.1 Å². The number of carbonyl (C=O) groups excluding carboxylic acids is 1. The van der Waals surface area contributed by atoms with Crippen LogP contribution in [0.5, 0.6) is 11.6 Å². The largest absolute Gasteiger partial charge is 0.496 e. The molecule has 0 bridgehead atoms. The zero-order valence-electron chi connectivity index (χ0n) is 13.9. The van der Waals surface area contributed by atoms with Crippen molar-refractivity contribution in [3.63, 3.8) is 0 Å². The van der Waals surface area contributed by atoms with E-state index < -0.39 is 0 Å². The molecule has 1 N–H and O–H groups in total. The second-order valence-corrected chi connectivity index (χ2v) is 6.39. The fraction of sp³-hybridized carbons (Fsp3) is 0.389. The third kappa shape index (κ3) is 4.60. The number of amides is 1. The van der Waals surface area contributed by atoms with Gasteiger partial charge in [0, 0.05) is 23.5 Å². The molecule has 1 aliphatic carbocycles. The van der Waals surface area contributed by atoms with Crippen molar-refractivity contribution in [1.29, 1.82) is 0 Å². The minimum atomic E-state index is -0.169. The third-order valence-corrected chi connectivity index (χ3v) is 4.48. The Morgan fingerprint density at radius 1 is 1.24 bits per heavy atom. The van der Waals surface area contributed by atoms with Crippen LogP contribution in [0.2, 0.25) is 5.02 Å². The van der Waals surface area contributed by atoms with E-state index in [-0.39, 0.29) is 18.1 Å². The van der Waals surface area contributed by atoms with Gasteiger partial charge < -0.3 is 14.8 Å². The Bertz CT molecular complexity index is 719. The van der Waals surface area contributed by atoms with E-state index in [2.05, 4.69) is 15.3 Å². The van der Waals surface area contributed by atoms with Crippen LogP contribution < -0.4 is 14.8 Å². The average molecular weight is 362 g/mol. The molecule has 1 fully saturated rings. The number of aromatic nitrogens is 2. The lowest BCUT2D eigenvalue weighted by Gasteiger charge is -2.29. The van der Waals surface area contributed by atoms with Crippen LogP contribution in [0.15, 0.2) is 36.8 Å². The molecule has 25 heavy (non-hydrogen) atoms. The van der Waals surface area contributed by atoms with Crippen LogP contribution in [0.25, 0.3) is 0 Å². The number of ether oxygens (including phenoxy) is 2. The van der Waals surface area contributed by atoms with E-state index in [0.29, 0.717) is 22.2 Å². The van der Waals surface area contributed by atoms with Crippen LogP contribution in [0, 0.1) is 0 Å². The van der Waals surface area contributed by atoms with Crippen molar-refractivity contribution in [3.05, 3.63) is 47.4 Å². The average Bonchev–Trinajstić information content (AvgIpc) is 2.64. The monoisotopic (exact) mass is 361 g/mol.